The lowest BCUT2D eigenvalue weighted by molar-refractivity contribution is 0.299. The van der Waals surface area contributed by atoms with Crippen molar-refractivity contribution in [2.24, 2.45) is 0 Å². The van der Waals surface area contributed by atoms with Gasteiger partial charge in [-0.1, -0.05) is 12.1 Å². The maximum absolute atomic E-state index is 8.85. The van der Waals surface area contributed by atoms with Crippen molar-refractivity contribution >= 4 is 5.69 Å². The zero-order valence-corrected chi connectivity index (χ0v) is 9.03. The summed E-state index contributed by atoms with van der Waals surface area (Å²) in [6, 6.07) is 8.39. The second-order valence-electron chi connectivity index (χ2n) is 3.32. The largest absolute Gasteiger partial charge is 0.396 e. The average Bonchev–Trinajstić information content (AvgIpc) is 2.21. The SMILES string of the molecule is CCN(CC)c1cccc(CCO)c1. The Hall–Kier alpha value is -1.02. The molecule has 1 aromatic carbocycles. The summed E-state index contributed by atoms with van der Waals surface area (Å²) < 4.78 is 0. The van der Waals surface area contributed by atoms with Gasteiger partial charge in [0.25, 0.3) is 0 Å². The molecule has 78 valence electrons. The number of aliphatic hydroxyl groups excluding tert-OH is 1. The molecule has 0 amide bonds. The topological polar surface area (TPSA) is 23.5 Å². The highest BCUT2D eigenvalue weighted by Crippen LogP contribution is 2.15. The van der Waals surface area contributed by atoms with E-state index in [0.717, 1.165) is 19.5 Å². The molecule has 1 aromatic rings. The van der Waals surface area contributed by atoms with Crippen LogP contribution in [0.25, 0.3) is 0 Å². The first kappa shape index (κ1) is 11.1. The zero-order chi connectivity index (χ0) is 10.4. The molecule has 0 saturated carbocycles. The standard InChI is InChI=1S/C12H19NO/c1-3-13(4-2)12-7-5-6-11(10-12)8-9-14/h5-7,10,14H,3-4,8-9H2,1-2H3. The van der Waals surface area contributed by atoms with Gasteiger partial charge < -0.3 is 10.0 Å². The molecule has 0 aromatic heterocycles. The predicted octanol–water partition coefficient (Wildman–Crippen LogP) is 2.07. The summed E-state index contributed by atoms with van der Waals surface area (Å²) in [4.78, 5) is 2.31. The molecule has 0 fully saturated rings. The maximum atomic E-state index is 8.85. The van der Waals surface area contributed by atoms with Crippen LogP contribution in [-0.2, 0) is 6.42 Å². The maximum Gasteiger partial charge on any atom is 0.0471 e. The van der Waals surface area contributed by atoms with E-state index in [1.165, 1.54) is 11.3 Å². The van der Waals surface area contributed by atoms with E-state index in [-0.39, 0.29) is 6.61 Å². The zero-order valence-electron chi connectivity index (χ0n) is 9.03. The first-order valence-corrected chi connectivity index (χ1v) is 5.26. The second-order valence-corrected chi connectivity index (χ2v) is 3.32. The highest BCUT2D eigenvalue weighted by Gasteiger charge is 2.01. The van der Waals surface area contributed by atoms with E-state index >= 15 is 0 Å². The van der Waals surface area contributed by atoms with Gasteiger partial charge in [-0.2, -0.15) is 0 Å². The number of rotatable bonds is 5. The normalized spacial score (nSPS) is 10.2. The Morgan fingerprint density at radius 1 is 1.21 bits per heavy atom. The van der Waals surface area contributed by atoms with Gasteiger partial charge in [-0.3, -0.25) is 0 Å². The Bertz CT molecular complexity index is 269. The van der Waals surface area contributed by atoms with Crippen LogP contribution in [0, 0.1) is 0 Å². The van der Waals surface area contributed by atoms with Gasteiger partial charge in [-0.05, 0) is 38.0 Å². The van der Waals surface area contributed by atoms with Crippen LogP contribution in [0.5, 0.6) is 0 Å². The smallest absolute Gasteiger partial charge is 0.0471 e. The van der Waals surface area contributed by atoms with Crippen LogP contribution in [0.1, 0.15) is 19.4 Å². The summed E-state index contributed by atoms with van der Waals surface area (Å²) in [6.07, 6.45) is 0.745. The van der Waals surface area contributed by atoms with Crippen LogP contribution in [0.15, 0.2) is 24.3 Å². The summed E-state index contributed by atoms with van der Waals surface area (Å²) in [7, 11) is 0. The van der Waals surface area contributed by atoms with Crippen molar-refractivity contribution in [1.29, 1.82) is 0 Å². The Morgan fingerprint density at radius 3 is 2.50 bits per heavy atom. The van der Waals surface area contributed by atoms with Gasteiger partial charge in [0.15, 0.2) is 0 Å². The molecule has 0 bridgehead atoms. The molecule has 0 atom stereocenters. The lowest BCUT2D eigenvalue weighted by atomic mass is 10.1. The Balaban J connectivity index is 2.81. The van der Waals surface area contributed by atoms with Crippen LogP contribution in [0.3, 0.4) is 0 Å². The third-order valence-electron chi connectivity index (χ3n) is 2.44. The molecule has 14 heavy (non-hydrogen) atoms. The van der Waals surface area contributed by atoms with Crippen molar-refractivity contribution in [2.45, 2.75) is 20.3 Å². The third kappa shape index (κ3) is 2.74. The van der Waals surface area contributed by atoms with Gasteiger partial charge in [-0.15, -0.1) is 0 Å². The van der Waals surface area contributed by atoms with Crippen LogP contribution < -0.4 is 4.90 Å². The quantitative estimate of drug-likeness (QED) is 0.773. The molecule has 0 spiro atoms. The molecule has 0 heterocycles. The fourth-order valence-corrected chi connectivity index (χ4v) is 1.63. The number of anilines is 1. The van der Waals surface area contributed by atoms with E-state index in [9.17, 15) is 0 Å². The van der Waals surface area contributed by atoms with Crippen LogP contribution in [0.4, 0.5) is 5.69 Å². The molecule has 0 aliphatic rings. The number of nitrogens with zero attached hydrogens (tertiary/aromatic N) is 1. The number of hydrogen-bond acceptors (Lipinski definition) is 2. The van der Waals surface area contributed by atoms with Crippen molar-refractivity contribution in [3.05, 3.63) is 29.8 Å². The van der Waals surface area contributed by atoms with Crippen LogP contribution in [0.2, 0.25) is 0 Å². The van der Waals surface area contributed by atoms with Gasteiger partial charge in [0.05, 0.1) is 0 Å². The molecule has 2 nitrogen and oxygen atoms in total. The molecular formula is C12H19NO. The van der Waals surface area contributed by atoms with E-state index in [0.29, 0.717) is 0 Å². The van der Waals surface area contributed by atoms with Gasteiger partial charge >= 0.3 is 0 Å². The lowest BCUT2D eigenvalue weighted by Gasteiger charge is -2.21. The van der Waals surface area contributed by atoms with Crippen molar-refractivity contribution < 1.29 is 5.11 Å². The number of aliphatic hydroxyl groups is 1. The van der Waals surface area contributed by atoms with E-state index in [1.807, 2.05) is 0 Å². The summed E-state index contributed by atoms with van der Waals surface area (Å²) in [5.74, 6) is 0. The van der Waals surface area contributed by atoms with Gasteiger partial charge in [0.2, 0.25) is 0 Å². The Kier molecular flexibility index (Phi) is 4.47. The van der Waals surface area contributed by atoms with Gasteiger partial charge in [0.1, 0.15) is 0 Å². The minimum absolute atomic E-state index is 0.224. The fourth-order valence-electron chi connectivity index (χ4n) is 1.63. The molecule has 1 rings (SSSR count). The van der Waals surface area contributed by atoms with E-state index in [2.05, 4.69) is 43.0 Å². The van der Waals surface area contributed by atoms with Gasteiger partial charge in [0, 0.05) is 25.4 Å². The number of hydrogen-bond donors (Lipinski definition) is 1. The Morgan fingerprint density at radius 2 is 1.93 bits per heavy atom. The minimum Gasteiger partial charge on any atom is -0.396 e. The van der Waals surface area contributed by atoms with Crippen molar-refractivity contribution in [3.63, 3.8) is 0 Å². The molecule has 2 heteroatoms. The molecule has 1 N–H and O–H groups in total. The first-order chi connectivity index (χ1) is 6.81. The van der Waals surface area contributed by atoms with Crippen LogP contribution >= 0.6 is 0 Å². The summed E-state index contributed by atoms with van der Waals surface area (Å²) in [5.41, 5.74) is 2.46. The van der Waals surface area contributed by atoms with Gasteiger partial charge in [-0.25, -0.2) is 0 Å². The van der Waals surface area contributed by atoms with Crippen molar-refractivity contribution in [3.8, 4) is 0 Å². The Labute approximate surface area is 86.2 Å². The summed E-state index contributed by atoms with van der Waals surface area (Å²) in [5, 5.41) is 8.85. The number of benzene rings is 1. The highest BCUT2D eigenvalue weighted by atomic mass is 16.2. The third-order valence-corrected chi connectivity index (χ3v) is 2.44. The second kappa shape index (κ2) is 5.66. The van der Waals surface area contributed by atoms with E-state index in [4.69, 9.17) is 5.11 Å². The monoisotopic (exact) mass is 193 g/mol. The first-order valence-electron chi connectivity index (χ1n) is 5.26. The molecule has 0 aliphatic heterocycles. The summed E-state index contributed by atoms with van der Waals surface area (Å²) >= 11 is 0. The van der Waals surface area contributed by atoms with E-state index < -0.39 is 0 Å². The predicted molar refractivity (Wildman–Crippen MR) is 60.8 cm³/mol. The molecular weight excluding hydrogens is 174 g/mol. The lowest BCUT2D eigenvalue weighted by Crippen LogP contribution is -2.21. The molecule has 0 aliphatic carbocycles. The van der Waals surface area contributed by atoms with E-state index in [1.54, 1.807) is 0 Å². The van der Waals surface area contributed by atoms with Crippen molar-refractivity contribution in [2.75, 3.05) is 24.6 Å². The molecule has 0 radical (unpaired) electrons. The fraction of sp³-hybridized carbons (Fsp3) is 0.500. The van der Waals surface area contributed by atoms with Crippen LogP contribution in [-0.4, -0.2) is 24.8 Å². The molecule has 0 unspecified atom stereocenters. The summed E-state index contributed by atoms with van der Waals surface area (Å²) in [6.45, 7) is 6.59. The molecule has 0 saturated heterocycles. The average molecular weight is 193 g/mol. The highest BCUT2D eigenvalue weighted by molar-refractivity contribution is 5.48. The van der Waals surface area contributed by atoms with Crippen molar-refractivity contribution in [1.82, 2.24) is 0 Å². The minimum atomic E-state index is 0.224.